The molecule has 0 radical (unpaired) electrons. The largest absolute Gasteiger partial charge is 0.493 e. The molecule has 2 aromatic carbocycles. The van der Waals surface area contributed by atoms with Crippen molar-refractivity contribution in [3.8, 4) is 23.0 Å². The van der Waals surface area contributed by atoms with Crippen LogP contribution in [0.3, 0.4) is 0 Å². The summed E-state index contributed by atoms with van der Waals surface area (Å²) in [5.41, 5.74) is 1.44. The van der Waals surface area contributed by atoms with E-state index in [1.807, 2.05) is 18.2 Å². The average molecular weight is 510 g/mol. The van der Waals surface area contributed by atoms with E-state index in [1.54, 1.807) is 26.4 Å². The van der Waals surface area contributed by atoms with Crippen LogP contribution in [0.15, 0.2) is 30.3 Å². The maximum Gasteiger partial charge on any atom is 0.332 e. The Hall–Kier alpha value is -3.79. The molecule has 196 valence electrons. The van der Waals surface area contributed by atoms with Crippen LogP contribution in [0.2, 0.25) is 0 Å². The van der Waals surface area contributed by atoms with Crippen LogP contribution in [0.25, 0.3) is 0 Å². The summed E-state index contributed by atoms with van der Waals surface area (Å²) >= 11 is 0. The van der Waals surface area contributed by atoms with Gasteiger partial charge >= 0.3 is 6.03 Å². The van der Waals surface area contributed by atoms with E-state index in [0.717, 1.165) is 26.5 Å². The Morgan fingerprint density at radius 1 is 0.946 bits per heavy atom. The van der Waals surface area contributed by atoms with Crippen LogP contribution in [0.5, 0.6) is 23.0 Å². The Kier molecular flexibility index (Phi) is 6.23. The van der Waals surface area contributed by atoms with Gasteiger partial charge in [0.25, 0.3) is 0 Å². The standard InChI is InChI=1S/C27H31N3O7/c1-16-19-12-22(35-5)21(34-4)11-18(19)8-9-30(16)14-27(24(31)28(2)26(33)29(3)25(27)32)13-17-6-7-20-23(10-17)37-15-36-20/h6-7,10-12,16H,8-9,13-15H2,1-5H3/t16-/m1/s1. The second-order valence-corrected chi connectivity index (χ2v) is 9.76. The number of hydrogen-bond donors (Lipinski definition) is 0. The second kappa shape index (κ2) is 9.26. The minimum absolute atomic E-state index is 0.106. The smallest absolute Gasteiger partial charge is 0.332 e. The molecule has 0 aromatic heterocycles. The number of ether oxygens (including phenoxy) is 4. The van der Waals surface area contributed by atoms with Crippen molar-refractivity contribution in [2.45, 2.75) is 25.8 Å². The number of hydrogen-bond acceptors (Lipinski definition) is 8. The minimum Gasteiger partial charge on any atom is -0.493 e. The fraction of sp³-hybridized carbons (Fsp3) is 0.444. The number of benzene rings is 2. The highest BCUT2D eigenvalue weighted by molar-refractivity contribution is 6.19. The highest BCUT2D eigenvalue weighted by Gasteiger charge is 2.56. The molecule has 0 unspecified atom stereocenters. The lowest BCUT2D eigenvalue weighted by atomic mass is 9.76. The first-order valence-electron chi connectivity index (χ1n) is 12.2. The predicted octanol–water partition coefficient (Wildman–Crippen LogP) is 2.63. The molecule has 3 aliphatic rings. The first-order valence-corrected chi connectivity index (χ1v) is 12.2. The zero-order valence-corrected chi connectivity index (χ0v) is 21.7. The molecule has 2 aromatic rings. The molecular formula is C27H31N3O7. The van der Waals surface area contributed by atoms with Crippen molar-refractivity contribution < 1.29 is 33.3 Å². The molecule has 0 bridgehead atoms. The first-order chi connectivity index (χ1) is 17.7. The van der Waals surface area contributed by atoms with Crippen LogP contribution in [0, 0.1) is 5.41 Å². The fourth-order valence-electron chi connectivity index (χ4n) is 5.63. The minimum atomic E-state index is -1.49. The van der Waals surface area contributed by atoms with E-state index in [-0.39, 0.29) is 25.8 Å². The Labute approximate surface area is 215 Å². The van der Waals surface area contributed by atoms with Gasteiger partial charge in [0.2, 0.25) is 18.6 Å². The van der Waals surface area contributed by atoms with Gasteiger partial charge in [-0.15, -0.1) is 0 Å². The van der Waals surface area contributed by atoms with Gasteiger partial charge in [0.1, 0.15) is 5.41 Å². The van der Waals surface area contributed by atoms with Crippen molar-refractivity contribution in [3.63, 3.8) is 0 Å². The van der Waals surface area contributed by atoms with E-state index in [9.17, 15) is 14.4 Å². The van der Waals surface area contributed by atoms with Crippen LogP contribution in [-0.2, 0) is 22.4 Å². The van der Waals surface area contributed by atoms with Gasteiger partial charge in [-0.2, -0.15) is 0 Å². The summed E-state index contributed by atoms with van der Waals surface area (Å²) in [4.78, 5) is 44.5. The summed E-state index contributed by atoms with van der Waals surface area (Å²) in [6, 6.07) is 8.62. The molecule has 10 nitrogen and oxygen atoms in total. The average Bonchev–Trinajstić information content (AvgIpc) is 3.38. The van der Waals surface area contributed by atoms with Crippen LogP contribution in [-0.4, -0.2) is 80.7 Å². The number of imide groups is 2. The lowest BCUT2D eigenvalue weighted by Gasteiger charge is -2.46. The van der Waals surface area contributed by atoms with Gasteiger partial charge in [-0.25, -0.2) is 4.79 Å². The number of carbonyl (C=O) groups is 3. The molecule has 3 aliphatic heterocycles. The quantitative estimate of drug-likeness (QED) is 0.549. The lowest BCUT2D eigenvalue weighted by molar-refractivity contribution is -0.159. The number of barbiturate groups is 1. The number of nitrogens with zero attached hydrogens (tertiary/aromatic N) is 3. The molecule has 3 heterocycles. The summed E-state index contributed by atoms with van der Waals surface area (Å²) < 4.78 is 21.9. The van der Waals surface area contributed by atoms with Gasteiger partial charge in [0, 0.05) is 33.2 Å². The highest BCUT2D eigenvalue weighted by atomic mass is 16.7. The fourth-order valence-corrected chi connectivity index (χ4v) is 5.63. The molecule has 5 rings (SSSR count). The molecular weight excluding hydrogens is 478 g/mol. The molecule has 1 saturated heterocycles. The van der Waals surface area contributed by atoms with Crippen molar-refractivity contribution in [2.75, 3.05) is 48.2 Å². The maximum atomic E-state index is 13.8. The number of methoxy groups -OCH3 is 2. The van der Waals surface area contributed by atoms with Crippen LogP contribution in [0.4, 0.5) is 4.79 Å². The number of carbonyl (C=O) groups excluding carboxylic acids is 3. The predicted molar refractivity (Wildman–Crippen MR) is 133 cm³/mol. The van der Waals surface area contributed by atoms with Gasteiger partial charge in [0.15, 0.2) is 23.0 Å². The molecule has 10 heteroatoms. The second-order valence-electron chi connectivity index (χ2n) is 9.76. The lowest BCUT2D eigenvalue weighted by Crippen LogP contribution is -2.67. The van der Waals surface area contributed by atoms with Crippen LogP contribution >= 0.6 is 0 Å². The van der Waals surface area contributed by atoms with Gasteiger partial charge in [0.05, 0.1) is 14.2 Å². The van der Waals surface area contributed by atoms with Crippen LogP contribution < -0.4 is 18.9 Å². The third-order valence-corrected chi connectivity index (χ3v) is 7.73. The zero-order valence-electron chi connectivity index (χ0n) is 21.7. The Morgan fingerprint density at radius 2 is 1.59 bits per heavy atom. The summed E-state index contributed by atoms with van der Waals surface area (Å²) in [5.74, 6) is 1.46. The van der Waals surface area contributed by atoms with Gasteiger partial charge < -0.3 is 18.9 Å². The molecule has 1 fully saturated rings. The van der Waals surface area contributed by atoms with Gasteiger partial charge in [-0.3, -0.25) is 24.3 Å². The summed E-state index contributed by atoms with van der Waals surface area (Å²) in [7, 11) is 6.05. The van der Waals surface area contributed by atoms with E-state index in [1.165, 1.54) is 14.1 Å². The number of amides is 4. The van der Waals surface area contributed by atoms with Gasteiger partial charge in [-0.05, 0) is 60.7 Å². The maximum absolute atomic E-state index is 13.8. The van der Waals surface area contributed by atoms with Gasteiger partial charge in [-0.1, -0.05) is 6.07 Å². The van der Waals surface area contributed by atoms with Crippen molar-refractivity contribution >= 4 is 17.8 Å². The first kappa shape index (κ1) is 24.9. The van der Waals surface area contributed by atoms with E-state index in [2.05, 4.69) is 11.8 Å². The van der Waals surface area contributed by atoms with Crippen LogP contribution in [0.1, 0.15) is 29.7 Å². The van der Waals surface area contributed by atoms with Crippen molar-refractivity contribution in [3.05, 3.63) is 47.0 Å². The molecule has 0 saturated carbocycles. The zero-order chi connectivity index (χ0) is 26.5. The third kappa shape index (κ3) is 3.96. The molecule has 1 atom stereocenters. The summed E-state index contributed by atoms with van der Waals surface area (Å²) in [5, 5.41) is 0. The van der Waals surface area contributed by atoms with E-state index in [4.69, 9.17) is 18.9 Å². The monoisotopic (exact) mass is 509 g/mol. The molecule has 0 N–H and O–H groups in total. The third-order valence-electron chi connectivity index (χ3n) is 7.73. The van der Waals surface area contributed by atoms with Crippen molar-refractivity contribution in [2.24, 2.45) is 5.41 Å². The summed E-state index contributed by atoms with van der Waals surface area (Å²) in [6.07, 6.45) is 0.832. The number of rotatable bonds is 6. The van der Waals surface area contributed by atoms with E-state index < -0.39 is 23.3 Å². The molecule has 4 amide bonds. The van der Waals surface area contributed by atoms with Crippen molar-refractivity contribution in [1.29, 1.82) is 0 Å². The topological polar surface area (TPSA) is 97.8 Å². The molecule has 0 aliphatic carbocycles. The Morgan fingerprint density at radius 3 is 2.27 bits per heavy atom. The summed E-state index contributed by atoms with van der Waals surface area (Å²) in [6.45, 7) is 2.96. The SMILES string of the molecule is COc1cc2c(cc1OC)[C@@H](C)N(CC1(Cc3ccc4c(c3)OCO4)C(=O)N(C)C(=O)N(C)C1=O)CC2. The number of urea groups is 1. The Bertz CT molecular complexity index is 1250. The molecule has 37 heavy (non-hydrogen) atoms. The van der Waals surface area contributed by atoms with E-state index in [0.29, 0.717) is 36.0 Å². The number of fused-ring (bicyclic) bond motifs is 2. The highest BCUT2D eigenvalue weighted by Crippen LogP contribution is 2.42. The Balaban J connectivity index is 1.53. The van der Waals surface area contributed by atoms with Crippen molar-refractivity contribution in [1.82, 2.24) is 14.7 Å². The van der Waals surface area contributed by atoms with E-state index >= 15 is 0 Å². The molecule has 0 spiro atoms. The normalized spacial score (nSPS) is 20.8.